The van der Waals surface area contributed by atoms with Crippen molar-refractivity contribution in [2.75, 3.05) is 46.6 Å². The van der Waals surface area contributed by atoms with Gasteiger partial charge in [-0.2, -0.15) is 0 Å². The maximum atomic E-state index is 13.0. The highest BCUT2D eigenvalue weighted by Gasteiger charge is 2.19. The lowest BCUT2D eigenvalue weighted by molar-refractivity contribution is -0.126. The van der Waals surface area contributed by atoms with E-state index in [0.29, 0.717) is 34.1 Å². The Bertz CT molecular complexity index is 1620. The number of ether oxygens (including phenoxy) is 7. The number of primary amides is 1. The van der Waals surface area contributed by atoms with Crippen LogP contribution in [0.4, 0.5) is 14.4 Å². The van der Waals surface area contributed by atoms with Gasteiger partial charge in [-0.1, -0.05) is 24.3 Å². The molecule has 290 valence electrons. The first-order valence-electron chi connectivity index (χ1n) is 16.9. The van der Waals surface area contributed by atoms with E-state index in [1.165, 1.54) is 26.2 Å². The molecule has 0 aliphatic heterocycles. The maximum Gasteiger partial charge on any atom is 0.407 e. The molecule has 2 aromatic rings. The van der Waals surface area contributed by atoms with Crippen LogP contribution in [0.25, 0.3) is 12.2 Å². The molecule has 0 fully saturated rings. The summed E-state index contributed by atoms with van der Waals surface area (Å²) in [5, 5.41) is 5.23. The Balaban J connectivity index is 2.07. The molecule has 0 radical (unpaired) electrons. The minimum absolute atomic E-state index is 0.0323. The molecule has 4 N–H and O–H groups in total. The molecule has 0 bridgehead atoms. The predicted octanol–water partition coefficient (Wildman–Crippen LogP) is 5.48. The standard InChI is InChI=1S/C38H51N3O12/c1-25(28(42)13-9-26-11-15-30(32(23-26)47-8)50-21-22-51-34(39)44)29(43)14-10-27-12-16-31(48-19-17-40-35(45)52-37(2,3)4)33(24-27)49-20-18-41-36(46)53-38(5,6)7/h9-16,23-25H,17-22H2,1-8H3,(H2,39,44)(H,40,45)(H,41,46)/b13-9+,14-10+. The van der Waals surface area contributed by atoms with Crippen LogP contribution >= 0.6 is 0 Å². The van der Waals surface area contributed by atoms with Crippen molar-refractivity contribution in [3.8, 4) is 23.0 Å². The molecular weight excluding hydrogens is 690 g/mol. The average Bonchev–Trinajstić information content (AvgIpc) is 3.07. The Kier molecular flexibility index (Phi) is 17.2. The Morgan fingerprint density at radius 3 is 1.55 bits per heavy atom. The van der Waals surface area contributed by atoms with Crippen LogP contribution in [0.1, 0.15) is 59.6 Å². The fraction of sp³-hybridized carbons (Fsp3) is 0.447. The van der Waals surface area contributed by atoms with Gasteiger partial charge in [-0.3, -0.25) is 9.59 Å². The van der Waals surface area contributed by atoms with Gasteiger partial charge in [-0.15, -0.1) is 0 Å². The van der Waals surface area contributed by atoms with Crippen molar-refractivity contribution < 1.29 is 57.1 Å². The maximum absolute atomic E-state index is 13.0. The number of benzene rings is 2. The van der Waals surface area contributed by atoms with Crippen LogP contribution in [0, 0.1) is 5.92 Å². The molecule has 2 aromatic carbocycles. The van der Waals surface area contributed by atoms with Crippen LogP contribution in [-0.2, 0) is 23.8 Å². The second kappa shape index (κ2) is 21.0. The molecule has 0 saturated carbocycles. The quantitative estimate of drug-likeness (QED) is 0.0710. The minimum atomic E-state index is -0.966. The van der Waals surface area contributed by atoms with Crippen LogP contribution in [0.15, 0.2) is 48.6 Å². The van der Waals surface area contributed by atoms with Crippen LogP contribution in [0.2, 0.25) is 0 Å². The number of nitrogens with one attached hydrogen (secondary N) is 2. The molecule has 2 rings (SSSR count). The van der Waals surface area contributed by atoms with Crippen molar-refractivity contribution in [3.05, 3.63) is 59.7 Å². The topological polar surface area (TPSA) is 200 Å². The zero-order chi connectivity index (χ0) is 39.6. The molecule has 0 saturated heterocycles. The number of carbonyl (C=O) groups excluding carboxylic acids is 5. The molecule has 0 aromatic heterocycles. The number of amides is 3. The van der Waals surface area contributed by atoms with E-state index in [0.717, 1.165) is 0 Å². The SMILES string of the molecule is COc1cc(/C=C/C(=O)C(C)C(=O)/C=C/c2ccc(OCCNC(=O)OC(C)(C)C)c(OCCNC(=O)OC(C)(C)C)c2)ccc1OCCOC(N)=O. The highest BCUT2D eigenvalue weighted by atomic mass is 16.6. The smallest absolute Gasteiger partial charge is 0.407 e. The lowest BCUT2D eigenvalue weighted by Crippen LogP contribution is -2.35. The molecule has 1 atom stereocenters. The Labute approximate surface area is 310 Å². The van der Waals surface area contributed by atoms with E-state index in [9.17, 15) is 24.0 Å². The lowest BCUT2D eigenvalue weighted by Gasteiger charge is -2.20. The van der Waals surface area contributed by atoms with Gasteiger partial charge in [0.1, 0.15) is 37.6 Å². The first-order valence-corrected chi connectivity index (χ1v) is 16.9. The number of hydrogen-bond donors (Lipinski definition) is 3. The number of hydrogen-bond acceptors (Lipinski definition) is 12. The van der Waals surface area contributed by atoms with Crippen molar-refractivity contribution in [1.29, 1.82) is 0 Å². The van der Waals surface area contributed by atoms with Crippen LogP contribution in [0.3, 0.4) is 0 Å². The highest BCUT2D eigenvalue weighted by Crippen LogP contribution is 2.30. The van der Waals surface area contributed by atoms with Gasteiger partial charge in [-0.25, -0.2) is 14.4 Å². The van der Waals surface area contributed by atoms with E-state index in [4.69, 9.17) is 34.2 Å². The normalized spacial score (nSPS) is 12.1. The zero-order valence-corrected chi connectivity index (χ0v) is 31.6. The molecule has 15 heteroatoms. The molecule has 0 spiro atoms. The number of carbonyl (C=O) groups is 5. The summed E-state index contributed by atoms with van der Waals surface area (Å²) >= 11 is 0. The summed E-state index contributed by atoms with van der Waals surface area (Å²) in [5.74, 6) is -0.322. The summed E-state index contributed by atoms with van der Waals surface area (Å²) in [6, 6.07) is 9.97. The fourth-order valence-electron chi connectivity index (χ4n) is 4.10. The van der Waals surface area contributed by atoms with Crippen molar-refractivity contribution in [2.24, 2.45) is 11.7 Å². The van der Waals surface area contributed by atoms with E-state index in [-0.39, 0.29) is 39.5 Å². The molecule has 3 amide bonds. The Morgan fingerprint density at radius 1 is 0.660 bits per heavy atom. The van der Waals surface area contributed by atoms with Crippen LogP contribution < -0.4 is 35.3 Å². The second-order valence-corrected chi connectivity index (χ2v) is 13.4. The number of rotatable bonds is 19. The third-order valence-corrected chi connectivity index (χ3v) is 6.53. The summed E-state index contributed by atoms with van der Waals surface area (Å²) in [5.41, 5.74) is 4.85. The Morgan fingerprint density at radius 2 is 1.09 bits per heavy atom. The van der Waals surface area contributed by atoms with Gasteiger partial charge in [0.2, 0.25) is 0 Å². The van der Waals surface area contributed by atoms with Gasteiger partial charge in [-0.05, 0) is 96.0 Å². The monoisotopic (exact) mass is 741 g/mol. The van der Waals surface area contributed by atoms with Crippen LogP contribution in [-0.4, -0.2) is 87.7 Å². The molecular formula is C38H51N3O12. The first kappa shape index (κ1) is 43.4. The second-order valence-electron chi connectivity index (χ2n) is 13.4. The number of allylic oxidation sites excluding steroid dienone is 2. The first-order chi connectivity index (χ1) is 24.9. The molecule has 0 aliphatic carbocycles. The highest BCUT2D eigenvalue weighted by molar-refractivity contribution is 6.13. The van der Waals surface area contributed by atoms with Crippen molar-refractivity contribution in [1.82, 2.24) is 10.6 Å². The summed E-state index contributed by atoms with van der Waals surface area (Å²) in [6.07, 6.45) is 3.66. The van der Waals surface area contributed by atoms with Gasteiger partial charge in [0.25, 0.3) is 0 Å². The number of ketones is 2. The van der Waals surface area contributed by atoms with Gasteiger partial charge in [0.15, 0.2) is 34.6 Å². The zero-order valence-electron chi connectivity index (χ0n) is 31.6. The van der Waals surface area contributed by atoms with Gasteiger partial charge in [0.05, 0.1) is 26.1 Å². The predicted molar refractivity (Wildman–Crippen MR) is 197 cm³/mol. The van der Waals surface area contributed by atoms with Crippen molar-refractivity contribution in [2.45, 2.75) is 59.7 Å². The minimum Gasteiger partial charge on any atom is -0.493 e. The Hall–Kier alpha value is -5.73. The van der Waals surface area contributed by atoms with E-state index in [2.05, 4.69) is 15.4 Å². The summed E-state index contributed by atoms with van der Waals surface area (Å²) in [4.78, 5) is 60.5. The number of alkyl carbamates (subject to hydrolysis) is 2. The third kappa shape index (κ3) is 17.9. The molecule has 53 heavy (non-hydrogen) atoms. The molecule has 0 heterocycles. The fourth-order valence-corrected chi connectivity index (χ4v) is 4.10. The third-order valence-electron chi connectivity index (χ3n) is 6.53. The van der Waals surface area contributed by atoms with Crippen molar-refractivity contribution in [3.63, 3.8) is 0 Å². The lowest BCUT2D eigenvalue weighted by atomic mass is 9.99. The number of nitrogens with two attached hydrogens (primary N) is 1. The number of methoxy groups -OCH3 is 1. The van der Waals surface area contributed by atoms with E-state index in [1.54, 1.807) is 90.1 Å². The van der Waals surface area contributed by atoms with Gasteiger partial charge >= 0.3 is 18.3 Å². The largest absolute Gasteiger partial charge is 0.493 e. The van der Waals surface area contributed by atoms with Crippen LogP contribution in [0.5, 0.6) is 23.0 Å². The van der Waals surface area contributed by atoms with E-state index >= 15 is 0 Å². The van der Waals surface area contributed by atoms with Crippen molar-refractivity contribution >= 4 is 42.0 Å². The van der Waals surface area contributed by atoms with E-state index in [1.807, 2.05) is 0 Å². The molecule has 0 aliphatic rings. The van der Waals surface area contributed by atoms with Gasteiger partial charge < -0.3 is 49.5 Å². The van der Waals surface area contributed by atoms with E-state index < -0.39 is 47.0 Å². The summed E-state index contributed by atoms with van der Waals surface area (Å²) < 4.78 is 37.7. The average molecular weight is 742 g/mol. The summed E-state index contributed by atoms with van der Waals surface area (Å²) in [6.45, 7) is 12.6. The molecule has 15 nitrogen and oxygen atoms in total. The molecule has 1 unspecified atom stereocenters. The summed E-state index contributed by atoms with van der Waals surface area (Å²) in [7, 11) is 1.46. The van der Waals surface area contributed by atoms with Gasteiger partial charge in [0, 0.05) is 0 Å².